The van der Waals surface area contributed by atoms with Gasteiger partial charge in [-0.2, -0.15) is 0 Å². The first kappa shape index (κ1) is 15.4. The van der Waals surface area contributed by atoms with Gasteiger partial charge in [-0.3, -0.25) is 0 Å². The molecule has 2 nitrogen and oxygen atoms in total. The lowest BCUT2D eigenvalue weighted by atomic mass is 9.80. The second kappa shape index (κ2) is 6.64. The van der Waals surface area contributed by atoms with Gasteiger partial charge in [0, 0.05) is 24.6 Å². The molecule has 20 heavy (non-hydrogen) atoms. The predicted octanol–water partition coefficient (Wildman–Crippen LogP) is 3.16. The predicted molar refractivity (Wildman–Crippen MR) is 75.6 cm³/mol. The van der Waals surface area contributed by atoms with Crippen LogP contribution in [-0.2, 0) is 11.2 Å². The Labute approximate surface area is 119 Å². The van der Waals surface area contributed by atoms with Crippen LogP contribution in [0, 0.1) is 23.0 Å². The van der Waals surface area contributed by atoms with Gasteiger partial charge in [0.1, 0.15) is 11.6 Å². The average Bonchev–Trinajstić information content (AvgIpc) is 2.81. The van der Waals surface area contributed by atoms with Gasteiger partial charge >= 0.3 is 0 Å². The number of benzene rings is 1. The first-order valence-electron chi connectivity index (χ1n) is 7.23. The molecule has 0 saturated carbocycles. The van der Waals surface area contributed by atoms with Crippen LogP contribution in [0.25, 0.3) is 0 Å². The molecule has 0 radical (unpaired) electrons. The summed E-state index contributed by atoms with van der Waals surface area (Å²) in [5, 5.41) is 3.44. The normalized spacial score (nSPS) is 22.6. The van der Waals surface area contributed by atoms with Gasteiger partial charge in [-0.1, -0.05) is 19.9 Å². The molecule has 1 N–H and O–H groups in total. The van der Waals surface area contributed by atoms with Gasteiger partial charge in [0.05, 0.1) is 6.61 Å². The topological polar surface area (TPSA) is 21.3 Å². The van der Waals surface area contributed by atoms with Crippen molar-refractivity contribution in [2.24, 2.45) is 11.3 Å². The van der Waals surface area contributed by atoms with Crippen molar-refractivity contribution >= 4 is 0 Å². The minimum Gasteiger partial charge on any atom is -0.381 e. The van der Waals surface area contributed by atoms with Gasteiger partial charge in [-0.15, -0.1) is 0 Å². The molecule has 1 aliphatic rings. The Kier molecular flexibility index (Phi) is 5.11. The molecule has 112 valence electrons. The van der Waals surface area contributed by atoms with E-state index in [-0.39, 0.29) is 5.41 Å². The minimum atomic E-state index is -0.527. The molecule has 0 bridgehead atoms. The fraction of sp³-hybridized carbons (Fsp3) is 0.625. The number of hydrogen-bond acceptors (Lipinski definition) is 2. The molecule has 0 aliphatic carbocycles. The molecular weight excluding hydrogens is 260 g/mol. The Hall–Kier alpha value is -1.00. The van der Waals surface area contributed by atoms with Gasteiger partial charge in [0.15, 0.2) is 0 Å². The molecule has 0 spiro atoms. The van der Waals surface area contributed by atoms with Crippen molar-refractivity contribution in [1.82, 2.24) is 5.32 Å². The van der Waals surface area contributed by atoms with Crippen LogP contribution in [0.4, 0.5) is 8.78 Å². The van der Waals surface area contributed by atoms with Crippen molar-refractivity contribution in [3.05, 3.63) is 35.4 Å². The summed E-state index contributed by atoms with van der Waals surface area (Å²) in [7, 11) is 0. The minimum absolute atomic E-state index is 0.0758. The van der Waals surface area contributed by atoms with Crippen molar-refractivity contribution in [1.29, 1.82) is 0 Å². The summed E-state index contributed by atoms with van der Waals surface area (Å²) in [4.78, 5) is 0. The fourth-order valence-electron chi connectivity index (χ4n) is 2.69. The molecular formula is C16H23F2NO. The third kappa shape index (κ3) is 4.00. The van der Waals surface area contributed by atoms with Gasteiger partial charge in [-0.05, 0) is 36.9 Å². The van der Waals surface area contributed by atoms with Crippen LogP contribution >= 0.6 is 0 Å². The van der Waals surface area contributed by atoms with Crippen LogP contribution < -0.4 is 5.32 Å². The number of nitrogens with one attached hydrogen (secondary N) is 1. The van der Waals surface area contributed by atoms with Crippen molar-refractivity contribution < 1.29 is 13.5 Å². The van der Waals surface area contributed by atoms with Crippen molar-refractivity contribution in [3.63, 3.8) is 0 Å². The average molecular weight is 283 g/mol. The maximum absolute atomic E-state index is 13.8. The second-order valence-electron chi connectivity index (χ2n) is 6.24. The summed E-state index contributed by atoms with van der Waals surface area (Å²) < 4.78 is 32.3. The SMILES string of the molecule is CC(C)CNCC1(Cc2ccc(F)cc2F)CCOC1. The van der Waals surface area contributed by atoms with E-state index in [9.17, 15) is 8.78 Å². The highest BCUT2D eigenvalue weighted by Crippen LogP contribution is 2.33. The second-order valence-corrected chi connectivity index (χ2v) is 6.24. The van der Waals surface area contributed by atoms with Crippen LogP contribution in [0.3, 0.4) is 0 Å². The summed E-state index contributed by atoms with van der Waals surface area (Å²) >= 11 is 0. The highest BCUT2D eigenvalue weighted by molar-refractivity contribution is 5.20. The van der Waals surface area contributed by atoms with E-state index in [4.69, 9.17) is 4.74 Å². The summed E-state index contributed by atoms with van der Waals surface area (Å²) in [5.41, 5.74) is 0.497. The molecule has 0 aromatic heterocycles. The van der Waals surface area contributed by atoms with Gasteiger partial charge in [0.2, 0.25) is 0 Å². The standard InChI is InChI=1S/C16H23F2NO/c1-12(2)9-19-10-16(5-6-20-11-16)8-13-3-4-14(17)7-15(13)18/h3-4,7,12,19H,5-6,8-11H2,1-2H3. The third-order valence-electron chi connectivity index (χ3n) is 3.82. The first-order chi connectivity index (χ1) is 9.51. The number of halogens is 2. The Balaban J connectivity index is 2.04. The largest absolute Gasteiger partial charge is 0.381 e. The molecule has 1 saturated heterocycles. The fourth-order valence-corrected chi connectivity index (χ4v) is 2.69. The monoisotopic (exact) mass is 283 g/mol. The van der Waals surface area contributed by atoms with E-state index < -0.39 is 11.6 Å². The highest BCUT2D eigenvalue weighted by atomic mass is 19.1. The van der Waals surface area contributed by atoms with Crippen molar-refractivity contribution in [3.8, 4) is 0 Å². The van der Waals surface area contributed by atoms with E-state index in [0.29, 0.717) is 31.1 Å². The van der Waals surface area contributed by atoms with Crippen LogP contribution in [0.1, 0.15) is 25.8 Å². The van der Waals surface area contributed by atoms with Crippen LogP contribution in [-0.4, -0.2) is 26.3 Å². The van der Waals surface area contributed by atoms with Crippen LogP contribution in [0.5, 0.6) is 0 Å². The van der Waals surface area contributed by atoms with Gasteiger partial charge in [0.25, 0.3) is 0 Å². The Morgan fingerprint density at radius 2 is 2.15 bits per heavy atom. The van der Waals surface area contributed by atoms with Crippen molar-refractivity contribution in [2.75, 3.05) is 26.3 Å². The zero-order valence-electron chi connectivity index (χ0n) is 12.2. The summed E-state index contributed by atoms with van der Waals surface area (Å²) in [5.74, 6) is -0.405. The van der Waals surface area contributed by atoms with E-state index in [1.54, 1.807) is 6.07 Å². The summed E-state index contributed by atoms with van der Waals surface area (Å²) in [6.45, 7) is 7.41. The van der Waals surface area contributed by atoms with Gasteiger partial charge in [-0.25, -0.2) is 8.78 Å². The molecule has 1 aromatic carbocycles. The zero-order valence-corrected chi connectivity index (χ0v) is 12.2. The summed E-state index contributed by atoms with van der Waals surface area (Å²) in [6.07, 6.45) is 1.50. The summed E-state index contributed by atoms with van der Waals surface area (Å²) in [6, 6.07) is 3.83. The maximum atomic E-state index is 13.8. The van der Waals surface area contributed by atoms with E-state index in [2.05, 4.69) is 19.2 Å². The lowest BCUT2D eigenvalue weighted by Gasteiger charge is -2.28. The number of hydrogen-bond donors (Lipinski definition) is 1. The zero-order chi connectivity index (χ0) is 14.6. The Morgan fingerprint density at radius 1 is 1.35 bits per heavy atom. The molecule has 1 fully saturated rings. The molecule has 4 heteroatoms. The lowest BCUT2D eigenvalue weighted by molar-refractivity contribution is 0.148. The van der Waals surface area contributed by atoms with Crippen molar-refractivity contribution in [2.45, 2.75) is 26.7 Å². The number of ether oxygens (including phenoxy) is 1. The number of rotatable bonds is 6. The Morgan fingerprint density at radius 3 is 2.75 bits per heavy atom. The van der Waals surface area contributed by atoms with E-state index in [1.165, 1.54) is 6.07 Å². The van der Waals surface area contributed by atoms with E-state index in [1.807, 2.05) is 0 Å². The molecule has 1 aromatic rings. The van der Waals surface area contributed by atoms with Crippen LogP contribution in [0.2, 0.25) is 0 Å². The lowest BCUT2D eigenvalue weighted by Crippen LogP contribution is -2.38. The van der Waals surface area contributed by atoms with Crippen LogP contribution in [0.15, 0.2) is 18.2 Å². The molecule has 1 aliphatic heterocycles. The molecule has 1 unspecified atom stereocenters. The maximum Gasteiger partial charge on any atom is 0.129 e. The molecule has 2 rings (SSSR count). The van der Waals surface area contributed by atoms with E-state index in [0.717, 1.165) is 25.6 Å². The third-order valence-corrected chi connectivity index (χ3v) is 3.82. The first-order valence-corrected chi connectivity index (χ1v) is 7.23. The molecule has 1 heterocycles. The van der Waals surface area contributed by atoms with E-state index >= 15 is 0 Å². The smallest absolute Gasteiger partial charge is 0.129 e. The molecule has 0 amide bonds. The molecule has 1 atom stereocenters. The van der Waals surface area contributed by atoms with Gasteiger partial charge < -0.3 is 10.1 Å². The quantitative estimate of drug-likeness (QED) is 0.866. The Bertz CT molecular complexity index is 442. The highest BCUT2D eigenvalue weighted by Gasteiger charge is 2.35.